The SMILES string of the molecule is CC(C(=O)O)C1CN(Cc2ccc(C3CC3)cc2)C1. The van der Waals surface area contributed by atoms with E-state index in [1.165, 1.54) is 24.0 Å². The summed E-state index contributed by atoms with van der Waals surface area (Å²) >= 11 is 0. The first-order chi connectivity index (χ1) is 9.13. The maximum atomic E-state index is 10.9. The smallest absolute Gasteiger partial charge is 0.306 e. The number of aliphatic carboxylic acids is 1. The Hall–Kier alpha value is -1.35. The van der Waals surface area contributed by atoms with Crippen molar-refractivity contribution < 1.29 is 9.90 Å². The van der Waals surface area contributed by atoms with Crippen LogP contribution in [0.5, 0.6) is 0 Å². The highest BCUT2D eigenvalue weighted by Gasteiger charge is 2.34. The number of hydrogen-bond acceptors (Lipinski definition) is 2. The summed E-state index contributed by atoms with van der Waals surface area (Å²) in [5, 5.41) is 8.96. The summed E-state index contributed by atoms with van der Waals surface area (Å²) in [5.41, 5.74) is 2.82. The largest absolute Gasteiger partial charge is 0.481 e. The highest BCUT2D eigenvalue weighted by atomic mass is 16.4. The Morgan fingerprint density at radius 3 is 2.47 bits per heavy atom. The highest BCUT2D eigenvalue weighted by Crippen LogP contribution is 2.40. The van der Waals surface area contributed by atoms with Crippen molar-refractivity contribution >= 4 is 5.97 Å². The number of benzene rings is 1. The lowest BCUT2D eigenvalue weighted by atomic mass is 9.87. The van der Waals surface area contributed by atoms with Gasteiger partial charge in [0.2, 0.25) is 0 Å². The molecule has 2 fully saturated rings. The predicted octanol–water partition coefficient (Wildman–Crippen LogP) is 2.72. The number of rotatable bonds is 5. The number of nitrogens with zero attached hydrogens (tertiary/aromatic N) is 1. The van der Waals surface area contributed by atoms with Crippen LogP contribution in [0.1, 0.15) is 36.8 Å². The molecule has 1 aromatic carbocycles. The summed E-state index contributed by atoms with van der Waals surface area (Å²) < 4.78 is 0. The second kappa shape index (κ2) is 4.97. The Morgan fingerprint density at radius 2 is 1.95 bits per heavy atom. The number of hydrogen-bond donors (Lipinski definition) is 1. The lowest BCUT2D eigenvalue weighted by Crippen LogP contribution is -2.50. The van der Waals surface area contributed by atoms with Crippen LogP contribution in [0.4, 0.5) is 0 Å². The number of carboxylic acids is 1. The monoisotopic (exact) mass is 259 g/mol. The van der Waals surface area contributed by atoms with Gasteiger partial charge in [-0.25, -0.2) is 0 Å². The van der Waals surface area contributed by atoms with Crippen LogP contribution in [0, 0.1) is 11.8 Å². The van der Waals surface area contributed by atoms with Gasteiger partial charge in [0, 0.05) is 19.6 Å². The molecule has 19 heavy (non-hydrogen) atoms. The zero-order chi connectivity index (χ0) is 13.4. The van der Waals surface area contributed by atoms with Gasteiger partial charge in [-0.05, 0) is 35.8 Å². The van der Waals surface area contributed by atoms with Crippen molar-refractivity contribution in [1.82, 2.24) is 4.90 Å². The van der Waals surface area contributed by atoms with Crippen molar-refractivity contribution in [2.75, 3.05) is 13.1 Å². The fraction of sp³-hybridized carbons (Fsp3) is 0.562. The quantitative estimate of drug-likeness (QED) is 0.884. The first kappa shape index (κ1) is 12.7. The molecule has 1 heterocycles. The van der Waals surface area contributed by atoms with Crippen LogP contribution in [0.15, 0.2) is 24.3 Å². The minimum absolute atomic E-state index is 0.214. The second-order valence-corrected chi connectivity index (χ2v) is 6.10. The molecule has 1 aliphatic heterocycles. The summed E-state index contributed by atoms with van der Waals surface area (Å²) in [6.07, 6.45) is 2.69. The Labute approximate surface area is 114 Å². The molecule has 0 amide bonds. The zero-order valence-corrected chi connectivity index (χ0v) is 11.4. The van der Waals surface area contributed by atoms with Crippen LogP contribution >= 0.6 is 0 Å². The van der Waals surface area contributed by atoms with Gasteiger partial charge in [0.25, 0.3) is 0 Å². The molecule has 0 spiro atoms. The van der Waals surface area contributed by atoms with Crippen LogP contribution < -0.4 is 0 Å². The maximum absolute atomic E-state index is 10.9. The Bertz CT molecular complexity index is 458. The molecule has 0 radical (unpaired) electrons. The molecule has 3 nitrogen and oxygen atoms in total. The number of likely N-dealkylation sites (tertiary alicyclic amines) is 1. The molecule has 102 valence electrons. The van der Waals surface area contributed by atoms with Crippen LogP contribution in [-0.4, -0.2) is 29.1 Å². The fourth-order valence-electron chi connectivity index (χ4n) is 2.83. The average Bonchev–Trinajstić information content (AvgIpc) is 3.17. The van der Waals surface area contributed by atoms with Crippen LogP contribution in [0.2, 0.25) is 0 Å². The molecule has 2 aliphatic rings. The van der Waals surface area contributed by atoms with E-state index in [0.29, 0.717) is 5.92 Å². The molecular formula is C16H21NO2. The molecule has 1 aliphatic carbocycles. The van der Waals surface area contributed by atoms with Crippen molar-refractivity contribution in [2.24, 2.45) is 11.8 Å². The fourth-order valence-corrected chi connectivity index (χ4v) is 2.83. The molecule has 3 rings (SSSR count). The van der Waals surface area contributed by atoms with E-state index in [2.05, 4.69) is 29.2 Å². The number of carboxylic acid groups (broad SMARTS) is 1. The molecule has 1 atom stereocenters. The van der Waals surface area contributed by atoms with Crippen LogP contribution in [0.25, 0.3) is 0 Å². The van der Waals surface area contributed by atoms with E-state index in [9.17, 15) is 4.79 Å². The van der Waals surface area contributed by atoms with E-state index in [0.717, 1.165) is 25.6 Å². The van der Waals surface area contributed by atoms with E-state index >= 15 is 0 Å². The molecule has 1 N–H and O–H groups in total. The zero-order valence-electron chi connectivity index (χ0n) is 11.4. The Morgan fingerprint density at radius 1 is 1.32 bits per heavy atom. The van der Waals surface area contributed by atoms with Crippen molar-refractivity contribution in [3.05, 3.63) is 35.4 Å². The third-order valence-corrected chi connectivity index (χ3v) is 4.52. The van der Waals surface area contributed by atoms with Gasteiger partial charge in [0.15, 0.2) is 0 Å². The predicted molar refractivity (Wildman–Crippen MR) is 74.0 cm³/mol. The van der Waals surface area contributed by atoms with Gasteiger partial charge in [-0.2, -0.15) is 0 Å². The topological polar surface area (TPSA) is 40.5 Å². The standard InChI is InChI=1S/C16H21NO2/c1-11(16(18)19)15-9-17(10-15)8-12-2-4-13(5-3-12)14-6-7-14/h2-5,11,14-15H,6-10H2,1H3,(H,18,19). The summed E-state index contributed by atoms with van der Waals surface area (Å²) in [4.78, 5) is 13.2. The van der Waals surface area contributed by atoms with E-state index in [-0.39, 0.29) is 5.92 Å². The Kier molecular flexibility index (Phi) is 3.31. The van der Waals surface area contributed by atoms with Gasteiger partial charge in [-0.3, -0.25) is 9.69 Å². The summed E-state index contributed by atoms with van der Waals surface area (Å²) in [5.74, 6) is 0.258. The van der Waals surface area contributed by atoms with E-state index in [1.807, 2.05) is 6.92 Å². The summed E-state index contributed by atoms with van der Waals surface area (Å²) in [6.45, 7) is 4.60. The Balaban J connectivity index is 1.49. The van der Waals surface area contributed by atoms with Crippen LogP contribution in [-0.2, 0) is 11.3 Å². The molecule has 1 saturated heterocycles. The average molecular weight is 259 g/mol. The lowest BCUT2D eigenvalue weighted by molar-refractivity contribution is -0.145. The van der Waals surface area contributed by atoms with Crippen molar-refractivity contribution in [2.45, 2.75) is 32.2 Å². The van der Waals surface area contributed by atoms with E-state index in [4.69, 9.17) is 5.11 Å². The minimum Gasteiger partial charge on any atom is -0.481 e. The van der Waals surface area contributed by atoms with Crippen molar-refractivity contribution in [1.29, 1.82) is 0 Å². The van der Waals surface area contributed by atoms with E-state index in [1.54, 1.807) is 0 Å². The third kappa shape index (κ3) is 2.81. The van der Waals surface area contributed by atoms with Crippen LogP contribution in [0.3, 0.4) is 0 Å². The highest BCUT2D eigenvalue weighted by molar-refractivity contribution is 5.70. The molecular weight excluding hydrogens is 238 g/mol. The first-order valence-electron chi connectivity index (χ1n) is 7.17. The van der Waals surface area contributed by atoms with Gasteiger partial charge in [0.05, 0.1) is 5.92 Å². The van der Waals surface area contributed by atoms with Crippen molar-refractivity contribution in [3.63, 3.8) is 0 Å². The van der Waals surface area contributed by atoms with Gasteiger partial charge < -0.3 is 5.11 Å². The summed E-state index contributed by atoms with van der Waals surface area (Å²) in [7, 11) is 0. The molecule has 1 saturated carbocycles. The third-order valence-electron chi connectivity index (χ3n) is 4.52. The van der Waals surface area contributed by atoms with Gasteiger partial charge in [0.1, 0.15) is 0 Å². The molecule has 0 aromatic heterocycles. The molecule has 0 bridgehead atoms. The molecule has 1 unspecified atom stereocenters. The first-order valence-corrected chi connectivity index (χ1v) is 7.17. The minimum atomic E-state index is -0.668. The van der Waals surface area contributed by atoms with E-state index < -0.39 is 5.97 Å². The molecule has 3 heteroatoms. The van der Waals surface area contributed by atoms with Gasteiger partial charge in [-0.1, -0.05) is 31.2 Å². The normalized spacial score (nSPS) is 21.9. The van der Waals surface area contributed by atoms with Gasteiger partial charge >= 0.3 is 5.97 Å². The summed E-state index contributed by atoms with van der Waals surface area (Å²) in [6, 6.07) is 8.96. The molecule has 1 aromatic rings. The van der Waals surface area contributed by atoms with Gasteiger partial charge in [-0.15, -0.1) is 0 Å². The lowest BCUT2D eigenvalue weighted by Gasteiger charge is -2.41. The van der Waals surface area contributed by atoms with Crippen molar-refractivity contribution in [3.8, 4) is 0 Å². The maximum Gasteiger partial charge on any atom is 0.306 e. The second-order valence-electron chi connectivity index (χ2n) is 6.10. The number of carbonyl (C=O) groups is 1.